The molecule has 10 nitrogen and oxygen atoms in total. The summed E-state index contributed by atoms with van der Waals surface area (Å²) in [6.45, 7) is 2.78. The van der Waals surface area contributed by atoms with E-state index in [1.165, 1.54) is 4.52 Å². The summed E-state index contributed by atoms with van der Waals surface area (Å²) in [5.41, 5.74) is 8.97. The Morgan fingerprint density at radius 2 is 1.95 bits per heavy atom. The predicted octanol–water partition coefficient (Wildman–Crippen LogP) is 3.65. The van der Waals surface area contributed by atoms with Crippen molar-refractivity contribution in [1.82, 2.24) is 34.0 Å². The molecule has 0 unspecified atom stereocenters. The van der Waals surface area contributed by atoms with Gasteiger partial charge in [-0.1, -0.05) is 36.3 Å². The molecule has 1 aliphatic rings. The number of anilines is 1. The van der Waals surface area contributed by atoms with E-state index in [-0.39, 0.29) is 16.9 Å². The number of aryl methyl sites for hydroxylation is 2. The van der Waals surface area contributed by atoms with Crippen molar-refractivity contribution in [3.63, 3.8) is 0 Å². The first-order valence-corrected chi connectivity index (χ1v) is 13.7. The zero-order valence-corrected chi connectivity index (χ0v) is 22.8. The monoisotopic (exact) mass is 554 g/mol. The lowest BCUT2D eigenvalue weighted by atomic mass is 10.0. The fraction of sp³-hybridized carbons (Fsp3) is 0.156. The maximum absolute atomic E-state index is 14.3. The number of hydrogen-bond acceptors (Lipinski definition) is 6. The fourth-order valence-corrected chi connectivity index (χ4v) is 5.56. The SMILES string of the molecule is C[C@H](NC(=O)c1c(N)nn2cccnc12)c1cc2cccc(C#Cc3cn4c(n3)CCC4)c2c(=O)n1-c1ccccc1. The molecule has 0 aliphatic carbocycles. The van der Waals surface area contributed by atoms with Crippen molar-refractivity contribution in [2.75, 3.05) is 5.73 Å². The zero-order chi connectivity index (χ0) is 28.8. The summed E-state index contributed by atoms with van der Waals surface area (Å²) in [4.78, 5) is 36.6. The average molecular weight is 555 g/mol. The van der Waals surface area contributed by atoms with Gasteiger partial charge in [-0.15, -0.1) is 5.10 Å². The van der Waals surface area contributed by atoms with E-state index < -0.39 is 11.9 Å². The largest absolute Gasteiger partial charge is 0.381 e. The minimum atomic E-state index is -0.574. The maximum Gasteiger partial charge on any atom is 0.264 e. The molecular weight excluding hydrogens is 528 g/mol. The van der Waals surface area contributed by atoms with Crippen molar-refractivity contribution in [2.45, 2.75) is 32.4 Å². The quantitative estimate of drug-likeness (QED) is 0.321. The first-order chi connectivity index (χ1) is 20.5. The highest BCUT2D eigenvalue weighted by atomic mass is 16.2. The third-order valence-corrected chi connectivity index (χ3v) is 7.51. The molecule has 1 atom stereocenters. The lowest BCUT2D eigenvalue weighted by molar-refractivity contribution is 0.0941. The van der Waals surface area contributed by atoms with E-state index in [1.54, 1.807) is 23.0 Å². The molecule has 10 heteroatoms. The van der Waals surface area contributed by atoms with Gasteiger partial charge in [-0.05, 0) is 55.0 Å². The molecule has 0 radical (unpaired) electrons. The number of fused-ring (bicyclic) bond motifs is 3. The Balaban J connectivity index is 1.33. The molecular formula is C32H26N8O2. The molecule has 6 aromatic rings. The Hall–Kier alpha value is -5.69. The molecule has 2 aromatic carbocycles. The van der Waals surface area contributed by atoms with Gasteiger partial charge in [-0.2, -0.15) is 0 Å². The lowest BCUT2D eigenvalue weighted by Gasteiger charge is -2.21. The summed E-state index contributed by atoms with van der Waals surface area (Å²) in [6, 6.07) is 18.0. The number of imidazole rings is 1. The topological polar surface area (TPSA) is 125 Å². The third kappa shape index (κ3) is 4.28. The van der Waals surface area contributed by atoms with E-state index in [0.29, 0.717) is 33.7 Å². The number of para-hydroxylation sites is 1. The number of aromatic nitrogens is 6. The van der Waals surface area contributed by atoms with Crippen molar-refractivity contribution in [3.8, 4) is 17.5 Å². The van der Waals surface area contributed by atoms with Gasteiger partial charge in [-0.3, -0.25) is 14.2 Å². The van der Waals surface area contributed by atoms with Crippen LogP contribution in [0.2, 0.25) is 0 Å². The molecule has 206 valence electrons. The summed E-state index contributed by atoms with van der Waals surface area (Å²) >= 11 is 0. The van der Waals surface area contributed by atoms with Crippen molar-refractivity contribution in [3.05, 3.63) is 118 Å². The molecule has 0 saturated carbocycles. The van der Waals surface area contributed by atoms with Crippen LogP contribution < -0.4 is 16.6 Å². The summed E-state index contributed by atoms with van der Waals surface area (Å²) in [6.07, 6.45) is 7.28. The second kappa shape index (κ2) is 10.1. The minimum absolute atomic E-state index is 0.0727. The molecule has 1 amide bonds. The third-order valence-electron chi connectivity index (χ3n) is 7.51. The molecule has 1 aliphatic heterocycles. The molecule has 7 rings (SSSR count). The van der Waals surface area contributed by atoms with E-state index in [1.807, 2.05) is 67.7 Å². The summed E-state index contributed by atoms with van der Waals surface area (Å²) < 4.78 is 5.22. The minimum Gasteiger partial charge on any atom is -0.381 e. The number of carbonyl (C=O) groups is 1. The van der Waals surface area contributed by atoms with E-state index >= 15 is 0 Å². The fourth-order valence-electron chi connectivity index (χ4n) is 5.56. The molecule has 0 spiro atoms. The normalized spacial score (nSPS) is 13.1. The van der Waals surface area contributed by atoms with Crippen LogP contribution in [0.4, 0.5) is 5.82 Å². The van der Waals surface area contributed by atoms with E-state index in [9.17, 15) is 9.59 Å². The number of nitrogens with zero attached hydrogens (tertiary/aromatic N) is 6. The maximum atomic E-state index is 14.3. The Morgan fingerprint density at radius 3 is 2.79 bits per heavy atom. The van der Waals surface area contributed by atoms with Crippen LogP contribution in [0.1, 0.15) is 52.5 Å². The number of rotatable bonds is 4. The average Bonchev–Trinajstić information content (AvgIpc) is 3.69. The molecule has 0 saturated heterocycles. The Morgan fingerprint density at radius 1 is 1.10 bits per heavy atom. The van der Waals surface area contributed by atoms with Gasteiger partial charge in [0.25, 0.3) is 11.5 Å². The smallest absolute Gasteiger partial charge is 0.264 e. The molecule has 42 heavy (non-hydrogen) atoms. The van der Waals surface area contributed by atoms with Gasteiger partial charge in [0.2, 0.25) is 0 Å². The second-order valence-electron chi connectivity index (χ2n) is 10.2. The van der Waals surface area contributed by atoms with Crippen molar-refractivity contribution in [2.24, 2.45) is 0 Å². The predicted molar refractivity (Wildman–Crippen MR) is 159 cm³/mol. The van der Waals surface area contributed by atoms with Gasteiger partial charge in [0.1, 0.15) is 17.1 Å². The summed E-state index contributed by atoms with van der Waals surface area (Å²) in [5.74, 6) is 7.03. The highest BCUT2D eigenvalue weighted by Crippen LogP contribution is 2.25. The van der Waals surface area contributed by atoms with Crippen LogP contribution in [0.5, 0.6) is 0 Å². The van der Waals surface area contributed by atoms with Gasteiger partial charge in [0, 0.05) is 48.5 Å². The standard InChI is InChI=1S/C32H26N8O2/c1-20(35-31(41)28-29(33)37-39-17-7-15-34-30(28)39)25-18-22-9-5-8-21(13-14-23-19-38-16-6-12-26(38)36-23)27(22)32(42)40(25)24-10-3-2-4-11-24/h2-5,7-11,15,17-20H,6,12,16H2,1H3,(H2,33,37)(H,35,41)/t20-/m0/s1. The van der Waals surface area contributed by atoms with Gasteiger partial charge in [0.05, 0.1) is 11.4 Å². The van der Waals surface area contributed by atoms with E-state index in [0.717, 1.165) is 30.6 Å². The van der Waals surface area contributed by atoms with Crippen LogP contribution in [0.25, 0.3) is 22.1 Å². The van der Waals surface area contributed by atoms with E-state index in [2.05, 4.69) is 36.8 Å². The number of carbonyl (C=O) groups excluding carboxylic acids is 1. The number of hydrogen-bond donors (Lipinski definition) is 2. The van der Waals surface area contributed by atoms with Crippen LogP contribution in [-0.4, -0.2) is 34.6 Å². The van der Waals surface area contributed by atoms with Gasteiger partial charge in [-0.25, -0.2) is 14.5 Å². The van der Waals surface area contributed by atoms with Crippen molar-refractivity contribution >= 4 is 28.1 Å². The Labute approximate surface area is 240 Å². The number of amides is 1. The number of pyridine rings is 1. The molecule has 4 aromatic heterocycles. The first-order valence-electron chi connectivity index (χ1n) is 13.7. The highest BCUT2D eigenvalue weighted by Gasteiger charge is 2.24. The summed E-state index contributed by atoms with van der Waals surface area (Å²) in [7, 11) is 0. The number of nitrogen functional groups attached to an aromatic ring is 1. The van der Waals surface area contributed by atoms with Gasteiger partial charge >= 0.3 is 0 Å². The van der Waals surface area contributed by atoms with Gasteiger partial charge < -0.3 is 15.6 Å². The van der Waals surface area contributed by atoms with Crippen LogP contribution in [-0.2, 0) is 13.0 Å². The molecule has 0 bridgehead atoms. The van der Waals surface area contributed by atoms with Crippen LogP contribution in [0.3, 0.4) is 0 Å². The highest BCUT2D eigenvalue weighted by molar-refractivity contribution is 6.04. The number of nitrogens with one attached hydrogen (secondary N) is 1. The van der Waals surface area contributed by atoms with Crippen molar-refractivity contribution in [1.29, 1.82) is 0 Å². The number of nitrogens with two attached hydrogens (primary N) is 1. The molecule has 3 N–H and O–H groups in total. The second-order valence-corrected chi connectivity index (χ2v) is 10.2. The Kier molecular flexibility index (Phi) is 6.05. The Bertz CT molecular complexity index is 2110. The van der Waals surface area contributed by atoms with Crippen LogP contribution >= 0.6 is 0 Å². The zero-order valence-electron chi connectivity index (χ0n) is 22.8. The van der Waals surface area contributed by atoms with Gasteiger partial charge in [0.15, 0.2) is 11.5 Å². The van der Waals surface area contributed by atoms with Crippen molar-refractivity contribution < 1.29 is 4.79 Å². The summed E-state index contributed by atoms with van der Waals surface area (Å²) in [5, 5.41) is 8.42. The lowest BCUT2D eigenvalue weighted by Crippen LogP contribution is -2.32. The number of benzene rings is 2. The van der Waals surface area contributed by atoms with E-state index in [4.69, 9.17) is 5.73 Å². The molecule has 0 fully saturated rings. The van der Waals surface area contributed by atoms with Crippen LogP contribution in [0.15, 0.2) is 84.0 Å². The molecule has 5 heterocycles. The van der Waals surface area contributed by atoms with Crippen LogP contribution in [0, 0.1) is 11.8 Å². The first kappa shape index (κ1) is 25.3.